The summed E-state index contributed by atoms with van der Waals surface area (Å²) in [6.07, 6.45) is -4.92. The van der Waals surface area contributed by atoms with Crippen molar-refractivity contribution in [3.63, 3.8) is 0 Å². The molecule has 0 radical (unpaired) electrons. The summed E-state index contributed by atoms with van der Waals surface area (Å²) in [4.78, 5) is 0. The van der Waals surface area contributed by atoms with Crippen LogP contribution < -0.4 is 4.74 Å². The Labute approximate surface area is 76.7 Å². The Morgan fingerprint density at radius 1 is 1.29 bits per heavy atom. The molecule has 0 bridgehead atoms. The van der Waals surface area contributed by atoms with Gasteiger partial charge >= 0.3 is 6.36 Å². The summed E-state index contributed by atoms with van der Waals surface area (Å²) in [5.41, 5.74) is 0.178. The Morgan fingerprint density at radius 3 is 2.36 bits per heavy atom. The molecule has 0 saturated heterocycles. The molecule has 0 aliphatic rings. The van der Waals surface area contributed by atoms with Crippen molar-refractivity contribution >= 4 is 0 Å². The minimum atomic E-state index is -4.92. The van der Waals surface area contributed by atoms with Crippen LogP contribution >= 0.6 is 0 Å². The molecular weight excluding hydrogens is 204 g/mol. The molecule has 0 fully saturated rings. The van der Waals surface area contributed by atoms with E-state index in [9.17, 15) is 17.6 Å². The average Bonchev–Trinajstić information content (AvgIpc) is 2.06. The number of aliphatic hydroxyl groups is 1. The zero-order chi connectivity index (χ0) is 10.8. The smallest absolute Gasteiger partial charge is 0.403 e. The van der Waals surface area contributed by atoms with Crippen LogP contribution in [-0.2, 0) is 6.61 Å². The maximum absolute atomic E-state index is 12.8. The Bertz CT molecular complexity index is 322. The van der Waals surface area contributed by atoms with E-state index in [1.54, 1.807) is 0 Å². The van der Waals surface area contributed by atoms with E-state index in [4.69, 9.17) is 5.11 Å². The number of halogens is 4. The van der Waals surface area contributed by atoms with Crippen LogP contribution in [-0.4, -0.2) is 11.5 Å². The van der Waals surface area contributed by atoms with E-state index in [0.717, 1.165) is 18.2 Å². The summed E-state index contributed by atoms with van der Waals surface area (Å²) < 4.78 is 51.2. The maximum atomic E-state index is 12.8. The Kier molecular flexibility index (Phi) is 2.95. The van der Waals surface area contributed by atoms with Gasteiger partial charge in [-0.25, -0.2) is 4.39 Å². The third kappa shape index (κ3) is 2.88. The topological polar surface area (TPSA) is 29.5 Å². The number of ether oxygens (including phenoxy) is 1. The van der Waals surface area contributed by atoms with Crippen molar-refractivity contribution in [2.45, 2.75) is 13.0 Å². The van der Waals surface area contributed by atoms with Gasteiger partial charge in [-0.2, -0.15) is 0 Å². The van der Waals surface area contributed by atoms with Gasteiger partial charge in [-0.05, 0) is 17.7 Å². The fraction of sp³-hybridized carbons (Fsp3) is 0.250. The van der Waals surface area contributed by atoms with E-state index in [0.29, 0.717) is 0 Å². The molecule has 0 unspecified atom stereocenters. The molecule has 0 saturated carbocycles. The first kappa shape index (κ1) is 10.8. The third-order valence-corrected chi connectivity index (χ3v) is 1.40. The molecule has 0 heterocycles. The van der Waals surface area contributed by atoms with Gasteiger partial charge in [0, 0.05) is 0 Å². The molecular formula is C8H6F4O2. The summed E-state index contributed by atoms with van der Waals surface area (Å²) in [7, 11) is 0. The van der Waals surface area contributed by atoms with Crippen LogP contribution in [0.15, 0.2) is 18.2 Å². The first-order valence-corrected chi connectivity index (χ1v) is 3.57. The summed E-state index contributed by atoms with van der Waals surface area (Å²) in [6.45, 7) is -0.441. The molecule has 2 nitrogen and oxygen atoms in total. The largest absolute Gasteiger partial charge is 0.573 e. The zero-order valence-corrected chi connectivity index (χ0v) is 6.81. The molecule has 1 aromatic carbocycles. The predicted octanol–water partition coefficient (Wildman–Crippen LogP) is 2.22. The molecule has 1 aromatic rings. The molecule has 0 aliphatic heterocycles. The van der Waals surface area contributed by atoms with E-state index in [1.807, 2.05) is 0 Å². The number of rotatable bonds is 2. The van der Waals surface area contributed by atoms with Gasteiger partial charge in [0.15, 0.2) is 11.6 Å². The van der Waals surface area contributed by atoms with Crippen molar-refractivity contribution in [1.82, 2.24) is 0 Å². The van der Waals surface area contributed by atoms with Gasteiger partial charge in [0.05, 0.1) is 6.61 Å². The fourth-order valence-electron chi connectivity index (χ4n) is 0.850. The Morgan fingerprint density at radius 2 is 1.93 bits per heavy atom. The normalized spacial score (nSPS) is 11.5. The van der Waals surface area contributed by atoms with Crippen molar-refractivity contribution in [2.24, 2.45) is 0 Å². The SMILES string of the molecule is OCc1ccc(OC(F)(F)F)c(F)c1. The lowest BCUT2D eigenvalue weighted by Crippen LogP contribution is -2.18. The Balaban J connectivity index is 2.89. The lowest BCUT2D eigenvalue weighted by molar-refractivity contribution is -0.275. The molecule has 1 N–H and O–H groups in total. The number of alkyl halides is 3. The second-order valence-corrected chi connectivity index (χ2v) is 2.47. The quantitative estimate of drug-likeness (QED) is 0.758. The van der Waals surface area contributed by atoms with Crippen molar-refractivity contribution < 1.29 is 27.4 Å². The highest BCUT2D eigenvalue weighted by Gasteiger charge is 2.32. The van der Waals surface area contributed by atoms with Gasteiger partial charge in [0.1, 0.15) is 0 Å². The summed E-state index contributed by atoms with van der Waals surface area (Å²) >= 11 is 0. The molecule has 0 aliphatic carbocycles. The van der Waals surface area contributed by atoms with Crippen LogP contribution in [0.2, 0.25) is 0 Å². The van der Waals surface area contributed by atoms with Crippen molar-refractivity contribution in [3.05, 3.63) is 29.6 Å². The summed E-state index contributed by atoms with van der Waals surface area (Å²) in [5.74, 6) is -2.07. The molecule has 0 aromatic heterocycles. The molecule has 0 spiro atoms. The second kappa shape index (κ2) is 3.83. The van der Waals surface area contributed by atoms with E-state index >= 15 is 0 Å². The van der Waals surface area contributed by atoms with E-state index in [1.165, 1.54) is 0 Å². The summed E-state index contributed by atoms with van der Waals surface area (Å²) in [6, 6.07) is 2.74. The van der Waals surface area contributed by atoms with Gasteiger partial charge in [0.2, 0.25) is 0 Å². The van der Waals surface area contributed by atoms with Crippen molar-refractivity contribution in [1.29, 1.82) is 0 Å². The van der Waals surface area contributed by atoms with E-state index < -0.39 is 24.5 Å². The standard InChI is InChI=1S/C8H6F4O2/c9-6-3-5(4-13)1-2-7(6)14-8(10,11)12/h1-3,13H,4H2. The van der Waals surface area contributed by atoms with Crippen LogP contribution in [0.1, 0.15) is 5.56 Å². The average molecular weight is 210 g/mol. The number of aliphatic hydroxyl groups excluding tert-OH is 1. The second-order valence-electron chi connectivity index (χ2n) is 2.47. The Hall–Kier alpha value is -1.30. The van der Waals surface area contributed by atoms with Gasteiger partial charge in [-0.1, -0.05) is 6.07 Å². The number of hydrogen-bond acceptors (Lipinski definition) is 2. The third-order valence-electron chi connectivity index (χ3n) is 1.40. The molecule has 1 rings (SSSR count). The number of hydrogen-bond donors (Lipinski definition) is 1. The van der Waals surface area contributed by atoms with Crippen molar-refractivity contribution in [2.75, 3.05) is 0 Å². The number of benzene rings is 1. The zero-order valence-electron chi connectivity index (χ0n) is 6.81. The lowest BCUT2D eigenvalue weighted by atomic mass is 10.2. The fourth-order valence-corrected chi connectivity index (χ4v) is 0.850. The van der Waals surface area contributed by atoms with Gasteiger partial charge in [-0.3, -0.25) is 0 Å². The van der Waals surface area contributed by atoms with Gasteiger partial charge in [-0.15, -0.1) is 13.2 Å². The highest BCUT2D eigenvalue weighted by molar-refractivity contribution is 5.29. The van der Waals surface area contributed by atoms with E-state index in [-0.39, 0.29) is 5.56 Å². The highest BCUT2D eigenvalue weighted by Crippen LogP contribution is 2.25. The molecule has 0 atom stereocenters. The highest BCUT2D eigenvalue weighted by atomic mass is 19.4. The molecule has 0 amide bonds. The molecule has 6 heteroatoms. The van der Waals surface area contributed by atoms with Crippen molar-refractivity contribution in [3.8, 4) is 5.75 Å². The first-order chi connectivity index (χ1) is 6.42. The molecule has 78 valence electrons. The van der Waals surface area contributed by atoms with Crippen LogP contribution in [0, 0.1) is 5.82 Å². The van der Waals surface area contributed by atoms with Crippen LogP contribution in [0.5, 0.6) is 5.75 Å². The van der Waals surface area contributed by atoms with E-state index in [2.05, 4.69) is 4.74 Å². The van der Waals surface area contributed by atoms with Gasteiger partial charge < -0.3 is 9.84 Å². The molecule has 14 heavy (non-hydrogen) atoms. The lowest BCUT2D eigenvalue weighted by Gasteiger charge is -2.09. The van der Waals surface area contributed by atoms with Gasteiger partial charge in [0.25, 0.3) is 0 Å². The minimum absolute atomic E-state index is 0.178. The minimum Gasteiger partial charge on any atom is -0.403 e. The predicted molar refractivity (Wildman–Crippen MR) is 39.0 cm³/mol. The van der Waals surface area contributed by atoms with Crippen LogP contribution in [0.25, 0.3) is 0 Å². The summed E-state index contributed by atoms with van der Waals surface area (Å²) in [5, 5.41) is 8.56. The monoisotopic (exact) mass is 210 g/mol. The first-order valence-electron chi connectivity index (χ1n) is 3.57. The van der Waals surface area contributed by atoms with Crippen LogP contribution in [0.3, 0.4) is 0 Å². The van der Waals surface area contributed by atoms with Crippen LogP contribution in [0.4, 0.5) is 17.6 Å². The maximum Gasteiger partial charge on any atom is 0.573 e.